The number of hydrogen-bond acceptors (Lipinski definition) is 5. The summed E-state index contributed by atoms with van der Waals surface area (Å²) in [5, 5.41) is 3.12. The fourth-order valence-electron chi connectivity index (χ4n) is 1.96. The number of rotatable bonds is 8. The Labute approximate surface area is 119 Å². The molecule has 0 amide bonds. The number of ether oxygens (including phenoxy) is 3. The van der Waals surface area contributed by atoms with Gasteiger partial charge < -0.3 is 19.5 Å². The molecule has 0 unspecified atom stereocenters. The number of nitrogens with one attached hydrogen (secondary N) is 1. The van der Waals surface area contributed by atoms with Crippen molar-refractivity contribution in [1.29, 1.82) is 0 Å². The van der Waals surface area contributed by atoms with Gasteiger partial charge >= 0.3 is 0 Å². The summed E-state index contributed by atoms with van der Waals surface area (Å²) in [6.07, 6.45) is 0.905. The van der Waals surface area contributed by atoms with Crippen LogP contribution >= 0.6 is 0 Å². The lowest BCUT2D eigenvalue weighted by molar-refractivity contribution is 0.0987. The second-order valence-electron chi connectivity index (χ2n) is 4.51. The van der Waals surface area contributed by atoms with Crippen LogP contribution in [0, 0.1) is 0 Å². The predicted octanol–water partition coefficient (Wildman–Crippen LogP) is 1.66. The van der Waals surface area contributed by atoms with E-state index in [1.807, 2.05) is 6.92 Å². The van der Waals surface area contributed by atoms with E-state index >= 15 is 0 Å². The molecule has 5 nitrogen and oxygen atoms in total. The highest BCUT2D eigenvalue weighted by molar-refractivity contribution is 5.98. The number of benzene rings is 1. The number of ketones is 1. The van der Waals surface area contributed by atoms with E-state index in [-0.39, 0.29) is 5.78 Å². The number of Topliss-reactive ketones (excluding diaryl/α,β-unsaturated/α-hetero) is 1. The smallest absolute Gasteiger partial charge is 0.176 e. The first kappa shape index (κ1) is 14.8. The molecule has 0 aliphatic carbocycles. The van der Waals surface area contributed by atoms with Crippen molar-refractivity contribution in [3.05, 3.63) is 23.8 Å². The van der Waals surface area contributed by atoms with Crippen molar-refractivity contribution in [2.75, 3.05) is 39.5 Å². The first-order valence-corrected chi connectivity index (χ1v) is 7.02. The van der Waals surface area contributed by atoms with Crippen molar-refractivity contribution in [2.24, 2.45) is 0 Å². The van der Waals surface area contributed by atoms with Gasteiger partial charge in [-0.15, -0.1) is 0 Å². The van der Waals surface area contributed by atoms with E-state index in [1.165, 1.54) is 0 Å². The molecule has 0 saturated heterocycles. The minimum Gasteiger partial charge on any atom is -0.486 e. The maximum absolute atomic E-state index is 12.0. The van der Waals surface area contributed by atoms with Gasteiger partial charge in [-0.1, -0.05) is 0 Å². The largest absolute Gasteiger partial charge is 0.486 e. The van der Waals surface area contributed by atoms with Crippen molar-refractivity contribution in [2.45, 2.75) is 13.3 Å². The van der Waals surface area contributed by atoms with Gasteiger partial charge in [0, 0.05) is 18.8 Å². The van der Waals surface area contributed by atoms with Crippen LogP contribution in [0.25, 0.3) is 0 Å². The summed E-state index contributed by atoms with van der Waals surface area (Å²) in [4.78, 5) is 12.0. The Morgan fingerprint density at radius 1 is 1.30 bits per heavy atom. The van der Waals surface area contributed by atoms with Gasteiger partial charge in [0.15, 0.2) is 17.3 Å². The fraction of sp³-hybridized carbons (Fsp3) is 0.533. The molecule has 1 N–H and O–H groups in total. The molecule has 0 atom stereocenters. The number of fused-ring (bicyclic) bond motifs is 1. The zero-order chi connectivity index (χ0) is 14.2. The normalized spacial score (nSPS) is 13.2. The molecular weight excluding hydrogens is 258 g/mol. The van der Waals surface area contributed by atoms with Crippen molar-refractivity contribution < 1.29 is 19.0 Å². The van der Waals surface area contributed by atoms with E-state index < -0.39 is 0 Å². The van der Waals surface area contributed by atoms with Crippen LogP contribution in [-0.2, 0) is 4.74 Å². The third-order valence-electron chi connectivity index (χ3n) is 3.00. The molecule has 1 aromatic rings. The monoisotopic (exact) mass is 279 g/mol. The minimum atomic E-state index is 0.0541. The van der Waals surface area contributed by atoms with Gasteiger partial charge in [0.1, 0.15) is 13.2 Å². The molecule has 1 heterocycles. The van der Waals surface area contributed by atoms with Crippen LogP contribution in [0.3, 0.4) is 0 Å². The van der Waals surface area contributed by atoms with Gasteiger partial charge in [-0.2, -0.15) is 0 Å². The molecule has 2 rings (SSSR count). The van der Waals surface area contributed by atoms with Crippen molar-refractivity contribution in [3.63, 3.8) is 0 Å². The van der Waals surface area contributed by atoms with Gasteiger partial charge in [-0.05, 0) is 38.1 Å². The van der Waals surface area contributed by atoms with Gasteiger partial charge in [0.05, 0.1) is 6.54 Å². The van der Waals surface area contributed by atoms with Crippen LogP contribution in [-0.4, -0.2) is 45.3 Å². The summed E-state index contributed by atoms with van der Waals surface area (Å²) in [5.74, 6) is 1.41. The molecule has 0 aromatic heterocycles. The predicted molar refractivity (Wildman–Crippen MR) is 75.7 cm³/mol. The van der Waals surface area contributed by atoms with E-state index in [2.05, 4.69) is 5.32 Å². The zero-order valence-corrected chi connectivity index (χ0v) is 11.8. The molecule has 0 bridgehead atoms. The lowest BCUT2D eigenvalue weighted by Gasteiger charge is -2.18. The molecule has 1 aliphatic heterocycles. The highest BCUT2D eigenvalue weighted by Gasteiger charge is 2.14. The summed E-state index contributed by atoms with van der Waals surface area (Å²) in [7, 11) is 0. The molecule has 1 aromatic carbocycles. The van der Waals surface area contributed by atoms with E-state index in [1.54, 1.807) is 18.2 Å². The number of carbonyl (C=O) groups is 1. The van der Waals surface area contributed by atoms with Crippen LogP contribution in [0.15, 0.2) is 18.2 Å². The third kappa shape index (κ3) is 4.21. The molecule has 0 saturated carbocycles. The van der Waals surface area contributed by atoms with Crippen LogP contribution in [0.1, 0.15) is 23.7 Å². The second-order valence-corrected chi connectivity index (χ2v) is 4.51. The standard InChI is InChI=1S/C15H21NO4/c1-2-18-7-3-6-16-11-13(17)12-4-5-14-15(10-12)20-9-8-19-14/h4-5,10,16H,2-3,6-9,11H2,1H3. The maximum atomic E-state index is 12.0. The van der Waals surface area contributed by atoms with Gasteiger partial charge in [-0.3, -0.25) is 4.79 Å². The van der Waals surface area contributed by atoms with E-state index in [0.717, 1.165) is 26.2 Å². The highest BCUT2D eigenvalue weighted by atomic mass is 16.6. The fourth-order valence-corrected chi connectivity index (χ4v) is 1.96. The molecule has 0 radical (unpaired) electrons. The Morgan fingerprint density at radius 2 is 2.10 bits per heavy atom. The summed E-state index contributed by atoms with van der Waals surface area (Å²) in [6, 6.07) is 5.31. The Bertz CT molecular complexity index is 447. The number of carbonyl (C=O) groups excluding carboxylic acids is 1. The molecular formula is C15H21NO4. The van der Waals surface area contributed by atoms with Crippen molar-refractivity contribution in [3.8, 4) is 11.5 Å². The van der Waals surface area contributed by atoms with Gasteiger partial charge in [0.2, 0.25) is 0 Å². The Balaban J connectivity index is 1.77. The average Bonchev–Trinajstić information content (AvgIpc) is 2.50. The average molecular weight is 279 g/mol. The second kappa shape index (κ2) is 7.87. The first-order valence-electron chi connectivity index (χ1n) is 7.02. The van der Waals surface area contributed by atoms with Crippen LogP contribution < -0.4 is 14.8 Å². The van der Waals surface area contributed by atoms with Gasteiger partial charge in [-0.25, -0.2) is 0 Å². The first-order chi connectivity index (χ1) is 9.81. The molecule has 20 heavy (non-hydrogen) atoms. The van der Waals surface area contributed by atoms with Crippen molar-refractivity contribution >= 4 is 5.78 Å². The van der Waals surface area contributed by atoms with Crippen molar-refractivity contribution in [1.82, 2.24) is 5.32 Å². The Kier molecular flexibility index (Phi) is 5.83. The SMILES string of the molecule is CCOCCCNCC(=O)c1ccc2c(c1)OCCO2. The number of hydrogen-bond donors (Lipinski definition) is 1. The molecule has 1 aliphatic rings. The van der Waals surface area contributed by atoms with E-state index in [9.17, 15) is 4.79 Å². The third-order valence-corrected chi connectivity index (χ3v) is 3.00. The van der Waals surface area contributed by atoms with Gasteiger partial charge in [0.25, 0.3) is 0 Å². The van der Waals surface area contributed by atoms with Crippen LogP contribution in [0.4, 0.5) is 0 Å². The zero-order valence-electron chi connectivity index (χ0n) is 11.8. The molecule has 5 heteroatoms. The molecule has 0 fully saturated rings. The minimum absolute atomic E-state index is 0.0541. The lowest BCUT2D eigenvalue weighted by Crippen LogP contribution is -2.25. The summed E-state index contributed by atoms with van der Waals surface area (Å²) in [5.41, 5.74) is 0.645. The summed E-state index contributed by atoms with van der Waals surface area (Å²) >= 11 is 0. The van der Waals surface area contributed by atoms with E-state index in [0.29, 0.717) is 36.8 Å². The summed E-state index contributed by atoms with van der Waals surface area (Å²) in [6.45, 7) is 5.61. The maximum Gasteiger partial charge on any atom is 0.176 e. The molecule has 110 valence electrons. The van der Waals surface area contributed by atoms with Crippen LogP contribution in [0.2, 0.25) is 0 Å². The quantitative estimate of drug-likeness (QED) is 0.579. The summed E-state index contributed by atoms with van der Waals surface area (Å²) < 4.78 is 16.1. The Morgan fingerprint density at radius 3 is 2.90 bits per heavy atom. The lowest BCUT2D eigenvalue weighted by atomic mass is 10.1. The highest BCUT2D eigenvalue weighted by Crippen LogP contribution is 2.30. The Hall–Kier alpha value is -1.59. The van der Waals surface area contributed by atoms with Crippen LogP contribution in [0.5, 0.6) is 11.5 Å². The topological polar surface area (TPSA) is 56.8 Å². The molecule has 0 spiro atoms. The van der Waals surface area contributed by atoms with E-state index in [4.69, 9.17) is 14.2 Å².